The highest BCUT2D eigenvalue weighted by Gasteiger charge is 2.41. The van der Waals surface area contributed by atoms with E-state index in [4.69, 9.17) is 4.74 Å². The average Bonchev–Trinajstić information content (AvgIpc) is 3.10. The van der Waals surface area contributed by atoms with Crippen LogP contribution in [0.3, 0.4) is 0 Å². The number of anilines is 1. The van der Waals surface area contributed by atoms with Gasteiger partial charge in [-0.25, -0.2) is 0 Å². The first-order valence-electron chi connectivity index (χ1n) is 8.04. The van der Waals surface area contributed by atoms with E-state index in [1.54, 1.807) is 19.2 Å². The van der Waals surface area contributed by atoms with E-state index in [9.17, 15) is 10.1 Å². The Hall–Kier alpha value is -2.82. The third-order valence-electron chi connectivity index (χ3n) is 5.05. The summed E-state index contributed by atoms with van der Waals surface area (Å²) in [4.78, 5) is 11.1. The van der Waals surface area contributed by atoms with Gasteiger partial charge in [0, 0.05) is 17.5 Å². The van der Waals surface area contributed by atoms with Crippen LogP contribution >= 0.6 is 0 Å². The number of fused-ring (bicyclic) bond motifs is 3. The summed E-state index contributed by atoms with van der Waals surface area (Å²) in [5.74, 6) is 1.33. The highest BCUT2D eigenvalue weighted by Crippen LogP contribution is 2.53. The molecule has 1 aliphatic heterocycles. The molecule has 0 bridgehead atoms. The maximum atomic E-state index is 11.5. The number of benzene rings is 2. The van der Waals surface area contributed by atoms with Gasteiger partial charge >= 0.3 is 0 Å². The monoisotopic (exact) mass is 322 g/mol. The summed E-state index contributed by atoms with van der Waals surface area (Å²) in [5.41, 5.74) is 2.81. The molecule has 0 aromatic heterocycles. The van der Waals surface area contributed by atoms with E-state index in [0.717, 1.165) is 23.3 Å². The molecule has 2 aromatic carbocycles. The largest absolute Gasteiger partial charge is 0.496 e. The van der Waals surface area contributed by atoms with E-state index in [1.165, 1.54) is 0 Å². The van der Waals surface area contributed by atoms with Crippen LogP contribution in [0.25, 0.3) is 0 Å². The Balaban J connectivity index is 1.86. The first-order chi connectivity index (χ1) is 11.7. The Morgan fingerprint density at radius 2 is 1.96 bits per heavy atom. The van der Waals surface area contributed by atoms with Crippen molar-refractivity contribution >= 4 is 11.4 Å². The molecular weight excluding hydrogens is 304 g/mol. The number of nitrogens with one attached hydrogen (secondary N) is 1. The fraction of sp³-hybridized carbons (Fsp3) is 0.263. The fourth-order valence-electron chi connectivity index (χ4n) is 3.99. The number of hydrogen-bond acceptors (Lipinski definition) is 4. The average molecular weight is 322 g/mol. The molecule has 1 heterocycles. The van der Waals surface area contributed by atoms with Gasteiger partial charge in [0.05, 0.1) is 18.1 Å². The van der Waals surface area contributed by atoms with E-state index >= 15 is 0 Å². The first-order valence-corrected chi connectivity index (χ1v) is 8.04. The van der Waals surface area contributed by atoms with Gasteiger partial charge in [-0.2, -0.15) is 0 Å². The van der Waals surface area contributed by atoms with Crippen molar-refractivity contribution in [2.24, 2.45) is 5.92 Å². The van der Waals surface area contributed by atoms with E-state index in [1.807, 2.05) is 30.3 Å². The number of hydrogen-bond donors (Lipinski definition) is 1. The molecule has 1 aliphatic carbocycles. The molecule has 0 fully saturated rings. The van der Waals surface area contributed by atoms with Crippen LogP contribution < -0.4 is 10.1 Å². The number of ether oxygens (including phenoxy) is 1. The summed E-state index contributed by atoms with van der Waals surface area (Å²) in [6, 6.07) is 13.2. The smallest absolute Gasteiger partial charge is 0.292 e. The minimum absolute atomic E-state index is 0.0188. The minimum Gasteiger partial charge on any atom is -0.496 e. The maximum absolute atomic E-state index is 11.5. The fourth-order valence-corrected chi connectivity index (χ4v) is 3.99. The number of nitrogens with zero attached hydrogens (tertiary/aromatic N) is 1. The highest BCUT2D eigenvalue weighted by molar-refractivity contribution is 5.71. The maximum Gasteiger partial charge on any atom is 0.292 e. The Labute approximate surface area is 140 Å². The van der Waals surface area contributed by atoms with E-state index in [0.29, 0.717) is 11.6 Å². The molecule has 24 heavy (non-hydrogen) atoms. The van der Waals surface area contributed by atoms with Gasteiger partial charge in [-0.3, -0.25) is 10.1 Å². The number of rotatable bonds is 3. The number of nitro benzene ring substituents is 1. The molecule has 4 rings (SSSR count). The van der Waals surface area contributed by atoms with Crippen LogP contribution in [-0.4, -0.2) is 12.0 Å². The van der Waals surface area contributed by atoms with Crippen LogP contribution in [0.4, 0.5) is 11.4 Å². The van der Waals surface area contributed by atoms with Gasteiger partial charge in [-0.15, -0.1) is 0 Å². The second kappa shape index (κ2) is 5.67. The van der Waals surface area contributed by atoms with Crippen LogP contribution in [0.2, 0.25) is 0 Å². The zero-order valence-electron chi connectivity index (χ0n) is 13.3. The molecule has 122 valence electrons. The summed E-state index contributed by atoms with van der Waals surface area (Å²) in [5, 5.41) is 14.9. The van der Waals surface area contributed by atoms with Gasteiger partial charge in [0.25, 0.3) is 5.69 Å². The van der Waals surface area contributed by atoms with Crippen molar-refractivity contribution in [3.05, 3.63) is 75.9 Å². The molecule has 0 saturated heterocycles. The SMILES string of the molecule is COc1ccccc1[C@@H]1Nc2c(cccc2[N+](=O)[O-])[C@@H]2C=CC[C@@H]21. The van der Waals surface area contributed by atoms with Crippen molar-refractivity contribution in [2.45, 2.75) is 18.4 Å². The van der Waals surface area contributed by atoms with Gasteiger partial charge < -0.3 is 10.1 Å². The van der Waals surface area contributed by atoms with Crippen molar-refractivity contribution in [1.29, 1.82) is 0 Å². The summed E-state index contributed by atoms with van der Waals surface area (Å²) in [6.07, 6.45) is 5.30. The zero-order valence-corrected chi connectivity index (χ0v) is 13.3. The van der Waals surface area contributed by atoms with E-state index in [2.05, 4.69) is 17.5 Å². The van der Waals surface area contributed by atoms with Crippen LogP contribution in [-0.2, 0) is 0 Å². The lowest BCUT2D eigenvalue weighted by Crippen LogP contribution is -2.29. The standard InChI is InChI=1S/C19H18N2O3/c1-24-17-11-3-2-6-15(17)18-13-8-4-7-12(13)14-9-5-10-16(21(22)23)19(14)20-18/h2-7,9-13,18,20H,8H2,1H3/t12-,13+,18-/m1/s1. The lowest BCUT2D eigenvalue weighted by Gasteiger charge is -2.37. The molecule has 2 aliphatic rings. The molecule has 5 heteroatoms. The van der Waals surface area contributed by atoms with Gasteiger partial charge in [0.1, 0.15) is 11.4 Å². The van der Waals surface area contributed by atoms with Crippen LogP contribution in [0.15, 0.2) is 54.6 Å². The summed E-state index contributed by atoms with van der Waals surface area (Å²) < 4.78 is 5.52. The molecule has 0 amide bonds. The molecular formula is C19H18N2O3. The van der Waals surface area contributed by atoms with Crippen molar-refractivity contribution < 1.29 is 9.66 Å². The predicted molar refractivity (Wildman–Crippen MR) is 92.4 cm³/mol. The van der Waals surface area contributed by atoms with Crippen molar-refractivity contribution in [2.75, 3.05) is 12.4 Å². The third kappa shape index (κ3) is 2.16. The molecule has 0 spiro atoms. The van der Waals surface area contributed by atoms with Crippen molar-refractivity contribution in [1.82, 2.24) is 0 Å². The lowest BCUT2D eigenvalue weighted by molar-refractivity contribution is -0.384. The summed E-state index contributed by atoms with van der Waals surface area (Å²) >= 11 is 0. The zero-order chi connectivity index (χ0) is 16.7. The molecule has 0 saturated carbocycles. The Morgan fingerprint density at radius 3 is 2.75 bits per heavy atom. The van der Waals surface area contributed by atoms with Crippen molar-refractivity contribution in [3.63, 3.8) is 0 Å². The van der Waals surface area contributed by atoms with Gasteiger partial charge in [-0.1, -0.05) is 42.5 Å². The molecule has 1 N–H and O–H groups in total. The second-order valence-corrected chi connectivity index (χ2v) is 6.22. The summed E-state index contributed by atoms with van der Waals surface area (Å²) in [6.45, 7) is 0. The molecule has 3 atom stereocenters. The Kier molecular flexibility index (Phi) is 3.49. The molecule has 0 radical (unpaired) electrons. The third-order valence-corrected chi connectivity index (χ3v) is 5.05. The quantitative estimate of drug-likeness (QED) is 0.516. The predicted octanol–water partition coefficient (Wildman–Crippen LogP) is 4.43. The first kappa shape index (κ1) is 14.8. The highest BCUT2D eigenvalue weighted by atomic mass is 16.6. The van der Waals surface area contributed by atoms with Crippen LogP contribution in [0.5, 0.6) is 5.75 Å². The molecule has 0 unspecified atom stereocenters. The normalized spacial score (nSPS) is 24.0. The molecule has 2 aromatic rings. The van der Waals surface area contributed by atoms with Gasteiger partial charge in [-0.05, 0) is 24.0 Å². The number of nitro groups is 1. The number of methoxy groups -OCH3 is 1. The molecule has 5 nitrogen and oxygen atoms in total. The van der Waals surface area contributed by atoms with Gasteiger partial charge in [0.15, 0.2) is 0 Å². The van der Waals surface area contributed by atoms with Crippen molar-refractivity contribution in [3.8, 4) is 5.75 Å². The topological polar surface area (TPSA) is 64.4 Å². The lowest BCUT2D eigenvalue weighted by atomic mass is 9.76. The minimum atomic E-state index is -0.315. The number of allylic oxidation sites excluding steroid dienone is 2. The van der Waals surface area contributed by atoms with Crippen LogP contribution in [0, 0.1) is 16.0 Å². The van der Waals surface area contributed by atoms with Crippen LogP contribution in [0.1, 0.15) is 29.5 Å². The number of para-hydroxylation sites is 2. The Morgan fingerprint density at radius 1 is 1.17 bits per heavy atom. The Bertz CT molecular complexity index is 831. The van der Waals surface area contributed by atoms with Gasteiger partial charge in [0.2, 0.25) is 0 Å². The van der Waals surface area contributed by atoms with E-state index in [-0.39, 0.29) is 22.6 Å². The van der Waals surface area contributed by atoms with E-state index < -0.39 is 0 Å². The summed E-state index contributed by atoms with van der Waals surface area (Å²) in [7, 11) is 1.66. The second-order valence-electron chi connectivity index (χ2n) is 6.22.